The Balaban J connectivity index is 2.86. The van der Waals surface area contributed by atoms with E-state index in [9.17, 15) is 14.9 Å². The number of urea groups is 1. The Labute approximate surface area is 97.5 Å². The summed E-state index contributed by atoms with van der Waals surface area (Å²) in [5, 5.41) is 14.3. The number of primary amides is 1. The molecule has 0 unspecified atom stereocenters. The zero-order valence-corrected chi connectivity index (χ0v) is 9.21. The molecule has 1 rings (SSSR count). The third kappa shape index (κ3) is 3.56. The Morgan fingerprint density at radius 3 is 2.94 bits per heavy atom. The van der Waals surface area contributed by atoms with Crippen LogP contribution in [0.2, 0.25) is 0 Å². The second kappa shape index (κ2) is 5.59. The van der Waals surface area contributed by atoms with Crippen LogP contribution < -0.4 is 11.2 Å². The van der Waals surface area contributed by atoms with Gasteiger partial charge in [0.2, 0.25) is 0 Å². The molecular formula is C10H12N4O3. The van der Waals surface area contributed by atoms with Crippen molar-refractivity contribution in [2.75, 3.05) is 0 Å². The predicted octanol–water partition coefficient (Wildman–Crippen LogP) is 1.10. The fourth-order valence-corrected chi connectivity index (χ4v) is 1.37. The van der Waals surface area contributed by atoms with Crippen LogP contribution in [0.1, 0.15) is 11.1 Å². The molecule has 3 N–H and O–H groups in total. The fraction of sp³-hybridized carbons (Fsp3) is 0.200. The highest BCUT2D eigenvalue weighted by Gasteiger charge is 2.13. The summed E-state index contributed by atoms with van der Waals surface area (Å²) in [7, 11) is 0. The topological polar surface area (TPSA) is 111 Å². The lowest BCUT2D eigenvalue weighted by molar-refractivity contribution is -0.385. The van der Waals surface area contributed by atoms with Gasteiger partial charge >= 0.3 is 6.03 Å². The summed E-state index contributed by atoms with van der Waals surface area (Å²) < 4.78 is 0. The molecule has 0 bridgehead atoms. The predicted molar refractivity (Wildman–Crippen MR) is 62.7 cm³/mol. The van der Waals surface area contributed by atoms with Gasteiger partial charge in [0.25, 0.3) is 5.69 Å². The number of carbonyl (C=O) groups excluding carboxylic acids is 1. The van der Waals surface area contributed by atoms with Crippen molar-refractivity contribution in [2.45, 2.75) is 13.3 Å². The monoisotopic (exact) mass is 236 g/mol. The molecule has 7 nitrogen and oxygen atoms in total. The number of hydrazone groups is 1. The summed E-state index contributed by atoms with van der Waals surface area (Å²) in [6.45, 7) is 1.78. The van der Waals surface area contributed by atoms with Crippen LogP contribution in [0.3, 0.4) is 0 Å². The summed E-state index contributed by atoms with van der Waals surface area (Å²) in [4.78, 5) is 20.7. The number of nitrogens with zero attached hydrogens (tertiary/aromatic N) is 2. The summed E-state index contributed by atoms with van der Waals surface area (Å²) in [6, 6.07) is 4.05. The quantitative estimate of drug-likeness (QED) is 0.463. The van der Waals surface area contributed by atoms with Crippen molar-refractivity contribution in [1.29, 1.82) is 0 Å². The van der Waals surface area contributed by atoms with Crippen molar-refractivity contribution in [2.24, 2.45) is 10.8 Å². The van der Waals surface area contributed by atoms with Crippen LogP contribution in [-0.4, -0.2) is 17.2 Å². The van der Waals surface area contributed by atoms with Gasteiger partial charge in [0.1, 0.15) is 0 Å². The van der Waals surface area contributed by atoms with Crippen LogP contribution in [0.25, 0.3) is 0 Å². The molecule has 2 amide bonds. The van der Waals surface area contributed by atoms with Gasteiger partial charge in [0.15, 0.2) is 0 Å². The first-order valence-electron chi connectivity index (χ1n) is 4.82. The Bertz CT molecular complexity index is 471. The van der Waals surface area contributed by atoms with E-state index in [0.29, 0.717) is 5.56 Å². The first-order chi connectivity index (χ1) is 8.02. The highest BCUT2D eigenvalue weighted by Crippen LogP contribution is 2.21. The number of aryl methyl sites for hydroxylation is 1. The van der Waals surface area contributed by atoms with Crippen LogP contribution in [0.15, 0.2) is 23.3 Å². The molecule has 1 aromatic carbocycles. The summed E-state index contributed by atoms with van der Waals surface area (Å²) in [5.74, 6) is 0. The lowest BCUT2D eigenvalue weighted by Gasteiger charge is -2.03. The number of benzene rings is 1. The van der Waals surface area contributed by atoms with Gasteiger partial charge in [-0.15, -0.1) is 0 Å². The van der Waals surface area contributed by atoms with Gasteiger partial charge in [-0.1, -0.05) is 12.1 Å². The van der Waals surface area contributed by atoms with Crippen LogP contribution >= 0.6 is 0 Å². The van der Waals surface area contributed by atoms with E-state index in [0.717, 1.165) is 5.56 Å². The lowest BCUT2D eigenvalue weighted by atomic mass is 10.0. The minimum Gasteiger partial charge on any atom is -0.350 e. The molecule has 7 heteroatoms. The number of hydrogen-bond acceptors (Lipinski definition) is 4. The van der Waals surface area contributed by atoms with Crippen molar-refractivity contribution < 1.29 is 9.72 Å². The van der Waals surface area contributed by atoms with Crippen LogP contribution in [-0.2, 0) is 6.42 Å². The van der Waals surface area contributed by atoms with Gasteiger partial charge in [-0.05, 0) is 12.5 Å². The van der Waals surface area contributed by atoms with Gasteiger partial charge in [-0.25, -0.2) is 10.2 Å². The smallest absolute Gasteiger partial charge is 0.332 e. The fourth-order valence-electron chi connectivity index (χ4n) is 1.37. The average Bonchev–Trinajstić information content (AvgIpc) is 2.25. The first kappa shape index (κ1) is 12.6. The van der Waals surface area contributed by atoms with Crippen molar-refractivity contribution >= 4 is 17.9 Å². The van der Waals surface area contributed by atoms with Crippen LogP contribution in [0, 0.1) is 17.0 Å². The average molecular weight is 236 g/mol. The number of nitrogens with two attached hydrogens (primary N) is 1. The van der Waals surface area contributed by atoms with E-state index in [2.05, 4.69) is 5.10 Å². The van der Waals surface area contributed by atoms with E-state index >= 15 is 0 Å². The largest absolute Gasteiger partial charge is 0.350 e. The Hall–Kier alpha value is -2.44. The molecule has 0 aliphatic heterocycles. The second-order valence-corrected chi connectivity index (χ2v) is 3.32. The molecule has 0 aliphatic carbocycles. The van der Waals surface area contributed by atoms with E-state index in [1.807, 2.05) is 5.43 Å². The minimum atomic E-state index is -0.777. The number of carbonyl (C=O) groups is 1. The zero-order chi connectivity index (χ0) is 12.8. The molecule has 0 aromatic heterocycles. The van der Waals surface area contributed by atoms with Gasteiger partial charge in [-0.3, -0.25) is 10.1 Å². The van der Waals surface area contributed by atoms with E-state index in [1.165, 1.54) is 12.3 Å². The number of amides is 2. The molecule has 0 fully saturated rings. The highest BCUT2D eigenvalue weighted by molar-refractivity contribution is 5.73. The SMILES string of the molecule is Cc1cccc([N+](=O)[O-])c1CC=NNC(N)=O. The van der Waals surface area contributed by atoms with Crippen molar-refractivity contribution in [3.63, 3.8) is 0 Å². The molecule has 17 heavy (non-hydrogen) atoms. The molecule has 0 aliphatic rings. The Morgan fingerprint density at radius 1 is 1.65 bits per heavy atom. The summed E-state index contributed by atoms with van der Waals surface area (Å²) >= 11 is 0. The second-order valence-electron chi connectivity index (χ2n) is 3.32. The molecule has 90 valence electrons. The molecule has 0 radical (unpaired) electrons. The lowest BCUT2D eigenvalue weighted by Crippen LogP contribution is -2.24. The van der Waals surface area contributed by atoms with Gasteiger partial charge in [-0.2, -0.15) is 5.10 Å². The number of nitro groups is 1. The number of rotatable bonds is 4. The maximum absolute atomic E-state index is 10.8. The van der Waals surface area contributed by atoms with Crippen LogP contribution in [0.4, 0.5) is 10.5 Å². The molecular weight excluding hydrogens is 224 g/mol. The Morgan fingerprint density at radius 2 is 2.35 bits per heavy atom. The minimum absolute atomic E-state index is 0.0375. The molecule has 0 heterocycles. The van der Waals surface area contributed by atoms with Crippen LogP contribution in [0.5, 0.6) is 0 Å². The molecule has 1 aromatic rings. The zero-order valence-electron chi connectivity index (χ0n) is 9.21. The number of nitro benzene ring substituents is 1. The molecule has 0 atom stereocenters. The standard InChI is InChI=1S/C10H12N4O3/c1-7-3-2-4-9(14(16)17)8(7)5-6-12-13-10(11)15/h2-4,6H,5H2,1H3,(H3,11,13,15). The number of hydrogen-bond donors (Lipinski definition) is 2. The number of nitrogens with one attached hydrogen (secondary N) is 1. The third-order valence-electron chi connectivity index (χ3n) is 2.14. The molecule has 0 saturated carbocycles. The third-order valence-corrected chi connectivity index (χ3v) is 2.14. The van der Waals surface area contributed by atoms with Gasteiger partial charge in [0.05, 0.1) is 4.92 Å². The normalized spacial score (nSPS) is 10.4. The van der Waals surface area contributed by atoms with Crippen molar-refractivity contribution in [1.82, 2.24) is 5.43 Å². The first-order valence-corrected chi connectivity index (χ1v) is 4.82. The van der Waals surface area contributed by atoms with Gasteiger partial charge in [0, 0.05) is 24.3 Å². The maximum Gasteiger partial charge on any atom is 0.332 e. The van der Waals surface area contributed by atoms with E-state index in [4.69, 9.17) is 5.73 Å². The Kier molecular flexibility index (Phi) is 4.15. The van der Waals surface area contributed by atoms with E-state index in [1.54, 1.807) is 19.1 Å². The molecule has 0 spiro atoms. The van der Waals surface area contributed by atoms with E-state index in [-0.39, 0.29) is 12.1 Å². The van der Waals surface area contributed by atoms with E-state index < -0.39 is 11.0 Å². The van der Waals surface area contributed by atoms with Crippen molar-refractivity contribution in [3.8, 4) is 0 Å². The highest BCUT2D eigenvalue weighted by atomic mass is 16.6. The van der Waals surface area contributed by atoms with Crippen molar-refractivity contribution in [3.05, 3.63) is 39.4 Å². The van der Waals surface area contributed by atoms with Gasteiger partial charge < -0.3 is 5.73 Å². The maximum atomic E-state index is 10.8. The summed E-state index contributed by atoms with van der Waals surface area (Å²) in [6.07, 6.45) is 1.61. The molecule has 0 saturated heterocycles. The summed E-state index contributed by atoms with van der Waals surface area (Å²) in [5.41, 5.74) is 8.23.